The van der Waals surface area contributed by atoms with Crippen LogP contribution in [-0.2, 0) is 10.9 Å². The number of piperidine rings is 1. The molecule has 0 unspecified atom stereocenters. The zero-order valence-electron chi connectivity index (χ0n) is 18.0. The predicted molar refractivity (Wildman–Crippen MR) is 111 cm³/mol. The second kappa shape index (κ2) is 9.18. The first-order valence-electron chi connectivity index (χ1n) is 10.1. The van der Waals surface area contributed by atoms with Crippen LogP contribution in [-0.4, -0.2) is 34.7 Å². The van der Waals surface area contributed by atoms with E-state index in [4.69, 9.17) is 9.47 Å². The quantitative estimate of drug-likeness (QED) is 0.492. The van der Waals surface area contributed by atoms with Crippen molar-refractivity contribution in [2.24, 2.45) is 0 Å². The van der Waals surface area contributed by atoms with Gasteiger partial charge in [-0.2, -0.15) is 13.2 Å². The molecule has 0 radical (unpaired) electrons. The van der Waals surface area contributed by atoms with Crippen LogP contribution in [0.2, 0.25) is 0 Å². The molecule has 2 aromatic rings. The third-order valence-electron chi connectivity index (χ3n) is 4.70. The van der Waals surface area contributed by atoms with Crippen molar-refractivity contribution in [1.82, 2.24) is 9.88 Å². The van der Waals surface area contributed by atoms with Crippen LogP contribution in [0, 0.1) is 0 Å². The van der Waals surface area contributed by atoms with Crippen molar-refractivity contribution in [3.05, 3.63) is 59.3 Å². The number of amides is 1. The molecule has 0 aliphatic carbocycles. The summed E-state index contributed by atoms with van der Waals surface area (Å²) in [7, 11) is 0. The molecule has 5 nitrogen and oxygen atoms in total. The SMILES string of the molecule is CC(C)(C)OC(=O)N1CCC(=C(F)c2cccc(Oc3ccc(C(F)(F)F)cn3)c2)CC1. The van der Waals surface area contributed by atoms with Gasteiger partial charge in [-0.25, -0.2) is 14.2 Å². The van der Waals surface area contributed by atoms with Crippen molar-refractivity contribution in [1.29, 1.82) is 0 Å². The molecule has 2 heterocycles. The molecule has 0 saturated carbocycles. The summed E-state index contributed by atoms with van der Waals surface area (Å²) >= 11 is 0. The smallest absolute Gasteiger partial charge is 0.417 e. The fourth-order valence-corrected chi connectivity index (χ4v) is 3.13. The van der Waals surface area contributed by atoms with E-state index in [9.17, 15) is 18.0 Å². The zero-order chi connectivity index (χ0) is 23.5. The number of pyridine rings is 1. The number of aromatic nitrogens is 1. The number of alkyl halides is 3. The maximum Gasteiger partial charge on any atom is 0.417 e. The van der Waals surface area contributed by atoms with Gasteiger partial charge in [0.05, 0.1) is 5.56 Å². The van der Waals surface area contributed by atoms with Crippen LogP contribution in [0.25, 0.3) is 5.83 Å². The van der Waals surface area contributed by atoms with Crippen molar-refractivity contribution in [3.63, 3.8) is 0 Å². The Bertz CT molecular complexity index is 986. The average molecular weight is 452 g/mol. The predicted octanol–water partition coefficient (Wildman–Crippen LogP) is 6.60. The Kier molecular flexibility index (Phi) is 6.76. The van der Waals surface area contributed by atoms with Gasteiger partial charge in [0.15, 0.2) is 0 Å². The van der Waals surface area contributed by atoms with Gasteiger partial charge in [0, 0.05) is 30.9 Å². The molecule has 9 heteroatoms. The fraction of sp³-hybridized carbons (Fsp3) is 0.391. The maximum absolute atomic E-state index is 15.1. The standard InChI is InChI=1S/C23H24F4N2O3/c1-22(2,3)32-21(30)29-11-9-15(10-12-29)20(24)16-5-4-6-18(13-16)31-19-8-7-17(14-28-19)23(25,26)27/h4-8,13-14H,9-12H2,1-3H3. The van der Waals surface area contributed by atoms with Crippen molar-refractivity contribution >= 4 is 11.9 Å². The lowest BCUT2D eigenvalue weighted by molar-refractivity contribution is -0.137. The van der Waals surface area contributed by atoms with E-state index in [0.717, 1.165) is 12.1 Å². The number of ether oxygens (including phenoxy) is 2. The molecular formula is C23H24F4N2O3. The number of benzene rings is 1. The Morgan fingerprint density at radius 1 is 1.06 bits per heavy atom. The number of hydrogen-bond donors (Lipinski definition) is 0. The Labute approximate surface area is 183 Å². The molecule has 0 spiro atoms. The normalized spacial score (nSPS) is 14.8. The van der Waals surface area contributed by atoms with Crippen molar-refractivity contribution < 1.29 is 31.8 Å². The van der Waals surface area contributed by atoms with Gasteiger partial charge in [-0.3, -0.25) is 0 Å². The van der Waals surface area contributed by atoms with Crippen LogP contribution in [0.4, 0.5) is 22.4 Å². The van der Waals surface area contributed by atoms with E-state index in [-0.39, 0.29) is 17.2 Å². The summed E-state index contributed by atoms with van der Waals surface area (Å²) in [6, 6.07) is 8.16. The number of halogens is 4. The van der Waals surface area contributed by atoms with E-state index < -0.39 is 29.3 Å². The molecule has 1 fully saturated rings. The van der Waals surface area contributed by atoms with Crippen LogP contribution in [0.3, 0.4) is 0 Å². The highest BCUT2D eigenvalue weighted by atomic mass is 19.4. The largest absolute Gasteiger partial charge is 0.444 e. The first-order valence-corrected chi connectivity index (χ1v) is 10.1. The topological polar surface area (TPSA) is 51.7 Å². The van der Waals surface area contributed by atoms with Crippen LogP contribution < -0.4 is 4.74 Å². The van der Waals surface area contributed by atoms with Gasteiger partial charge in [-0.15, -0.1) is 0 Å². The molecular weight excluding hydrogens is 428 g/mol. The first kappa shape index (κ1) is 23.6. The van der Waals surface area contributed by atoms with Gasteiger partial charge in [0.25, 0.3) is 0 Å². The van der Waals surface area contributed by atoms with E-state index in [1.165, 1.54) is 6.07 Å². The van der Waals surface area contributed by atoms with E-state index >= 15 is 4.39 Å². The molecule has 1 aliphatic heterocycles. The number of carbonyl (C=O) groups excluding carboxylic acids is 1. The third kappa shape index (κ3) is 6.21. The van der Waals surface area contributed by atoms with Gasteiger partial charge >= 0.3 is 12.3 Å². The highest BCUT2D eigenvalue weighted by Crippen LogP contribution is 2.32. The summed E-state index contributed by atoms with van der Waals surface area (Å²) < 4.78 is 63.9. The van der Waals surface area contributed by atoms with Crippen LogP contribution in [0.15, 0.2) is 48.2 Å². The Morgan fingerprint density at radius 3 is 2.31 bits per heavy atom. The number of rotatable bonds is 3. The molecule has 172 valence electrons. The van der Waals surface area contributed by atoms with Gasteiger partial charge in [0.2, 0.25) is 5.88 Å². The van der Waals surface area contributed by atoms with Crippen LogP contribution in [0.5, 0.6) is 11.6 Å². The lowest BCUT2D eigenvalue weighted by Gasteiger charge is -2.31. The minimum Gasteiger partial charge on any atom is -0.444 e. The van der Waals surface area contributed by atoms with Crippen molar-refractivity contribution in [2.45, 2.75) is 45.4 Å². The number of nitrogens with zero attached hydrogens (tertiary/aromatic N) is 2. The fourth-order valence-electron chi connectivity index (χ4n) is 3.13. The van der Waals surface area contributed by atoms with E-state index in [1.54, 1.807) is 43.9 Å². The lowest BCUT2D eigenvalue weighted by Crippen LogP contribution is -2.40. The molecule has 1 aliphatic rings. The third-order valence-corrected chi connectivity index (χ3v) is 4.70. The van der Waals surface area contributed by atoms with Gasteiger partial charge in [0.1, 0.15) is 17.2 Å². The van der Waals surface area contributed by atoms with E-state index in [0.29, 0.717) is 37.7 Å². The number of carbonyl (C=O) groups is 1. The highest BCUT2D eigenvalue weighted by Gasteiger charge is 2.31. The monoisotopic (exact) mass is 452 g/mol. The molecule has 1 amide bonds. The molecule has 1 aromatic carbocycles. The minimum absolute atomic E-state index is 0.0334. The van der Waals surface area contributed by atoms with Gasteiger partial charge in [-0.1, -0.05) is 12.1 Å². The number of hydrogen-bond acceptors (Lipinski definition) is 4. The molecule has 0 bridgehead atoms. The summed E-state index contributed by atoms with van der Waals surface area (Å²) in [5, 5.41) is 0. The molecule has 32 heavy (non-hydrogen) atoms. The van der Waals surface area contributed by atoms with E-state index in [1.807, 2.05) is 0 Å². The maximum atomic E-state index is 15.1. The summed E-state index contributed by atoms with van der Waals surface area (Å²) in [4.78, 5) is 17.4. The average Bonchev–Trinajstić information content (AvgIpc) is 2.72. The molecule has 1 saturated heterocycles. The highest BCUT2D eigenvalue weighted by molar-refractivity contribution is 5.69. The Morgan fingerprint density at radius 2 is 1.75 bits per heavy atom. The van der Waals surface area contributed by atoms with Gasteiger partial charge < -0.3 is 14.4 Å². The summed E-state index contributed by atoms with van der Waals surface area (Å²) in [5.41, 5.74) is -0.613. The number of likely N-dealkylation sites (tertiary alicyclic amines) is 1. The van der Waals surface area contributed by atoms with Crippen molar-refractivity contribution in [2.75, 3.05) is 13.1 Å². The minimum atomic E-state index is -4.49. The summed E-state index contributed by atoms with van der Waals surface area (Å²) in [5.74, 6) is -0.190. The zero-order valence-corrected chi connectivity index (χ0v) is 18.0. The Hall–Kier alpha value is -3.10. The molecule has 0 N–H and O–H groups in total. The van der Waals surface area contributed by atoms with E-state index in [2.05, 4.69) is 4.98 Å². The first-order chi connectivity index (χ1) is 14.9. The van der Waals surface area contributed by atoms with Crippen LogP contribution in [0.1, 0.15) is 44.7 Å². The molecule has 3 rings (SSSR count). The lowest BCUT2D eigenvalue weighted by atomic mass is 10.00. The molecule has 1 aromatic heterocycles. The van der Waals surface area contributed by atoms with Gasteiger partial charge in [-0.05, 0) is 57.4 Å². The second-order valence-corrected chi connectivity index (χ2v) is 8.40. The van der Waals surface area contributed by atoms with Crippen molar-refractivity contribution in [3.8, 4) is 11.6 Å². The summed E-state index contributed by atoms with van der Waals surface area (Å²) in [6.07, 6.45) is -3.48. The Balaban J connectivity index is 1.67. The summed E-state index contributed by atoms with van der Waals surface area (Å²) in [6.45, 7) is 6.06. The van der Waals surface area contributed by atoms with Crippen LogP contribution >= 0.6 is 0 Å². The molecule has 0 atom stereocenters. The second-order valence-electron chi connectivity index (χ2n) is 8.40.